The zero-order chi connectivity index (χ0) is 32.2. The van der Waals surface area contributed by atoms with E-state index < -0.39 is 0 Å². The maximum Gasteiger partial charge on any atom is 0.148 e. The first kappa shape index (κ1) is 30.6. The van der Waals surface area contributed by atoms with Crippen molar-refractivity contribution in [2.45, 2.75) is 6.92 Å². The van der Waals surface area contributed by atoms with E-state index in [1.165, 1.54) is 0 Å². The average Bonchev–Trinajstić information content (AvgIpc) is 3.71. The van der Waals surface area contributed by atoms with Crippen LogP contribution in [0.3, 0.4) is 0 Å². The van der Waals surface area contributed by atoms with E-state index in [1.807, 2.05) is 109 Å². The topological polar surface area (TPSA) is 63.6 Å². The number of phenols is 1. The van der Waals surface area contributed by atoms with Crippen LogP contribution in [-0.4, -0.2) is 19.5 Å². The number of aryl methyl sites for hydroxylation is 1. The van der Waals surface area contributed by atoms with Crippen LogP contribution in [0.25, 0.3) is 83.7 Å². The molecule has 1 N–H and O–H groups in total. The zero-order valence-electron chi connectivity index (χ0n) is 26.4. The molecule has 0 fully saturated rings. The average molecular weight is 814 g/mol. The first-order valence-corrected chi connectivity index (χ1v) is 15.9. The summed E-state index contributed by atoms with van der Waals surface area (Å²) in [7, 11) is 0. The van der Waals surface area contributed by atoms with Gasteiger partial charge in [-0.15, -0.1) is 24.3 Å². The minimum atomic E-state index is 0. The van der Waals surface area contributed by atoms with E-state index in [9.17, 15) is 5.11 Å². The number of fused-ring (bicyclic) bond motifs is 4. The fraction of sp³-hybridized carbons (Fsp3) is 0.0233. The number of benzene rings is 5. The molecule has 4 heterocycles. The Hall–Kier alpha value is -5.77. The summed E-state index contributed by atoms with van der Waals surface area (Å²) in [6, 6.07) is 50.1. The molecular weight excluding hydrogens is 786 g/mol. The van der Waals surface area contributed by atoms with Gasteiger partial charge < -0.3 is 13.9 Å². The monoisotopic (exact) mass is 813 g/mol. The van der Waals surface area contributed by atoms with Crippen molar-refractivity contribution in [3.05, 3.63) is 157 Å². The van der Waals surface area contributed by atoms with E-state index >= 15 is 0 Å². The molecule has 0 aliphatic carbocycles. The first-order chi connectivity index (χ1) is 23.6. The molecule has 0 atom stereocenters. The second kappa shape index (κ2) is 12.4. The molecule has 6 heteroatoms. The molecule has 49 heavy (non-hydrogen) atoms. The van der Waals surface area contributed by atoms with Crippen molar-refractivity contribution in [3.8, 4) is 61.9 Å². The molecule has 238 valence electrons. The summed E-state index contributed by atoms with van der Waals surface area (Å²) < 4.78 is 8.50. The minimum Gasteiger partial charge on any atom is -0.507 e. The van der Waals surface area contributed by atoms with Crippen LogP contribution in [0.2, 0.25) is 0 Å². The molecule has 0 aliphatic rings. The van der Waals surface area contributed by atoms with Crippen molar-refractivity contribution in [1.82, 2.24) is 14.4 Å². The quantitative estimate of drug-likeness (QED) is 0.176. The van der Waals surface area contributed by atoms with Gasteiger partial charge in [0.25, 0.3) is 0 Å². The number of hydrogen-bond acceptors (Lipinski definition) is 4. The first-order valence-electron chi connectivity index (χ1n) is 15.9. The van der Waals surface area contributed by atoms with Gasteiger partial charge in [0.05, 0.1) is 11.3 Å². The Morgan fingerprint density at radius 2 is 1.41 bits per heavy atom. The van der Waals surface area contributed by atoms with Crippen molar-refractivity contribution in [2.24, 2.45) is 0 Å². The van der Waals surface area contributed by atoms with E-state index in [-0.39, 0.29) is 26.8 Å². The Labute approximate surface area is 297 Å². The molecular formula is C43H28N3O2Pt-. The molecule has 0 amide bonds. The van der Waals surface area contributed by atoms with Gasteiger partial charge in [-0.1, -0.05) is 96.1 Å². The van der Waals surface area contributed by atoms with Gasteiger partial charge in [0.2, 0.25) is 0 Å². The standard InChI is InChI=1S/C43H28N3O2.Pt/c1-27-12-5-6-17-32(27)31-25-35(44-36(26-31)40-37(47)22-21-34-33-18-7-8-19-38(33)48-43(34)40)29-15-11-16-30(24-29)41-42(28-13-3-2-4-14-28)46-23-10-9-20-39(46)45-41;/h2-23,25-26,47H,1H3;/q-1;. The summed E-state index contributed by atoms with van der Waals surface area (Å²) in [4.78, 5) is 10.3. The third-order valence-electron chi connectivity index (χ3n) is 8.97. The molecule has 0 spiro atoms. The van der Waals surface area contributed by atoms with Gasteiger partial charge in [0.1, 0.15) is 22.6 Å². The van der Waals surface area contributed by atoms with E-state index in [2.05, 4.69) is 47.7 Å². The molecule has 9 aromatic rings. The van der Waals surface area contributed by atoms with Gasteiger partial charge in [-0.05, 0) is 65.6 Å². The molecule has 0 saturated carbocycles. The molecule has 0 radical (unpaired) electrons. The van der Waals surface area contributed by atoms with Crippen LogP contribution < -0.4 is 0 Å². The largest absolute Gasteiger partial charge is 0.507 e. The maximum atomic E-state index is 11.3. The van der Waals surface area contributed by atoms with Crippen LogP contribution in [-0.2, 0) is 21.1 Å². The smallest absolute Gasteiger partial charge is 0.148 e. The summed E-state index contributed by atoms with van der Waals surface area (Å²) in [6.07, 6.45) is 2.04. The minimum absolute atomic E-state index is 0. The number of furan rings is 1. The number of hydrogen-bond donors (Lipinski definition) is 1. The van der Waals surface area contributed by atoms with Crippen LogP contribution >= 0.6 is 0 Å². The fourth-order valence-corrected chi connectivity index (χ4v) is 6.69. The molecule has 4 aromatic heterocycles. The maximum absolute atomic E-state index is 11.3. The predicted molar refractivity (Wildman–Crippen MR) is 193 cm³/mol. The van der Waals surface area contributed by atoms with Crippen LogP contribution in [0.15, 0.2) is 150 Å². The van der Waals surface area contributed by atoms with E-state index in [0.29, 0.717) is 16.8 Å². The van der Waals surface area contributed by atoms with Crippen LogP contribution in [0.5, 0.6) is 5.75 Å². The van der Waals surface area contributed by atoms with Crippen molar-refractivity contribution in [3.63, 3.8) is 0 Å². The molecule has 0 unspecified atom stereocenters. The van der Waals surface area contributed by atoms with Crippen molar-refractivity contribution in [1.29, 1.82) is 0 Å². The van der Waals surface area contributed by atoms with Crippen LogP contribution in [0.4, 0.5) is 0 Å². The molecule has 0 bridgehead atoms. The van der Waals surface area contributed by atoms with Gasteiger partial charge in [-0.25, -0.2) is 0 Å². The SMILES string of the molecule is Cc1ccccc1-c1cc(-c2[c-]c(-c3nc4ccccn4c3-c3ccccc3)ccc2)nc(-c2c(O)ccc3c2oc2ccccc23)c1.[Pt]. The summed E-state index contributed by atoms with van der Waals surface area (Å²) in [5, 5.41) is 13.3. The van der Waals surface area contributed by atoms with Gasteiger partial charge >= 0.3 is 0 Å². The van der Waals surface area contributed by atoms with E-state index in [1.54, 1.807) is 6.07 Å². The summed E-state index contributed by atoms with van der Waals surface area (Å²) >= 11 is 0. The molecule has 0 saturated heterocycles. The Morgan fingerprint density at radius 3 is 2.29 bits per heavy atom. The number of aromatic hydroxyl groups is 1. The van der Waals surface area contributed by atoms with Gasteiger partial charge in [0.15, 0.2) is 0 Å². The Morgan fingerprint density at radius 1 is 0.653 bits per heavy atom. The van der Waals surface area contributed by atoms with E-state index in [4.69, 9.17) is 14.4 Å². The normalized spacial score (nSPS) is 11.3. The number of para-hydroxylation sites is 1. The van der Waals surface area contributed by atoms with Gasteiger partial charge in [0, 0.05) is 55.1 Å². The van der Waals surface area contributed by atoms with Gasteiger partial charge in [-0.2, -0.15) is 0 Å². The number of pyridine rings is 2. The molecule has 0 aliphatic heterocycles. The predicted octanol–water partition coefficient (Wildman–Crippen LogP) is 10.8. The van der Waals surface area contributed by atoms with Crippen molar-refractivity contribution >= 4 is 27.6 Å². The van der Waals surface area contributed by atoms with Gasteiger partial charge in [-0.3, -0.25) is 9.97 Å². The molecule has 5 nitrogen and oxygen atoms in total. The Bertz CT molecular complexity index is 2660. The molecule has 5 aromatic carbocycles. The Balaban J connectivity index is 0.00000348. The number of phenolic OH excluding ortho intramolecular Hbond substituents is 1. The summed E-state index contributed by atoms with van der Waals surface area (Å²) in [5.41, 5.74) is 11.9. The number of rotatable bonds is 5. The zero-order valence-corrected chi connectivity index (χ0v) is 28.6. The van der Waals surface area contributed by atoms with Crippen LogP contribution in [0.1, 0.15) is 5.56 Å². The summed E-state index contributed by atoms with van der Waals surface area (Å²) in [5.74, 6) is 0.108. The summed E-state index contributed by atoms with van der Waals surface area (Å²) in [6.45, 7) is 2.10. The Kier molecular flexibility index (Phi) is 7.70. The van der Waals surface area contributed by atoms with E-state index in [0.717, 1.165) is 72.5 Å². The number of aromatic nitrogens is 3. The number of imidazole rings is 1. The third-order valence-corrected chi connectivity index (χ3v) is 8.97. The second-order valence-corrected chi connectivity index (χ2v) is 12.0. The third kappa shape index (κ3) is 5.24. The van der Waals surface area contributed by atoms with Crippen LogP contribution in [0, 0.1) is 13.0 Å². The number of nitrogens with zero attached hydrogens (tertiary/aromatic N) is 3. The molecule has 9 rings (SSSR count). The van der Waals surface area contributed by atoms with Crippen molar-refractivity contribution in [2.75, 3.05) is 0 Å². The fourth-order valence-electron chi connectivity index (χ4n) is 6.69. The van der Waals surface area contributed by atoms with Crippen molar-refractivity contribution < 1.29 is 30.6 Å². The second-order valence-electron chi connectivity index (χ2n) is 12.0.